The molecule has 1 aromatic heterocycles. The van der Waals surface area contributed by atoms with Crippen LogP contribution in [-0.2, 0) is 22.6 Å². The Morgan fingerprint density at radius 3 is 2.45 bits per heavy atom. The first-order chi connectivity index (χ1) is 19.0. The molecule has 40 heavy (non-hydrogen) atoms. The fourth-order valence-corrected chi connectivity index (χ4v) is 5.50. The van der Waals surface area contributed by atoms with Crippen molar-refractivity contribution in [1.29, 1.82) is 0 Å². The maximum atomic E-state index is 13.3. The molecule has 0 spiro atoms. The average Bonchev–Trinajstić information content (AvgIpc) is 3.49. The molecule has 0 radical (unpaired) electrons. The van der Waals surface area contributed by atoms with E-state index in [2.05, 4.69) is 22.4 Å². The number of carbonyl (C=O) groups excluding carboxylic acids is 1. The molecule has 0 bridgehead atoms. The van der Waals surface area contributed by atoms with Crippen LogP contribution in [0.5, 0.6) is 0 Å². The van der Waals surface area contributed by atoms with Gasteiger partial charge in [0.25, 0.3) is 5.91 Å². The summed E-state index contributed by atoms with van der Waals surface area (Å²) in [6.45, 7) is 2.35. The molecule has 9 heteroatoms. The molecule has 202 valence electrons. The number of nitrogens with one attached hydrogen (secondary N) is 1. The van der Waals surface area contributed by atoms with E-state index in [1.165, 1.54) is 5.56 Å². The Bertz CT molecular complexity index is 1380. The third-order valence-electron chi connectivity index (χ3n) is 6.46. The molecule has 0 aliphatic carbocycles. The van der Waals surface area contributed by atoms with Gasteiger partial charge in [0, 0.05) is 18.2 Å². The predicted molar refractivity (Wildman–Crippen MR) is 158 cm³/mol. The Balaban J connectivity index is 0.00000441. The van der Waals surface area contributed by atoms with Crippen molar-refractivity contribution in [3.05, 3.63) is 112 Å². The monoisotopic (exact) mass is 567 g/mol. The number of aromatic nitrogens is 1. The zero-order chi connectivity index (χ0) is 27.6. The number of thioether (sulfide) groups is 1. The van der Waals surface area contributed by atoms with E-state index in [1.807, 2.05) is 79.5 Å². The van der Waals surface area contributed by atoms with Crippen molar-refractivity contribution < 1.29 is 38.3 Å². The summed E-state index contributed by atoms with van der Waals surface area (Å²) in [6.07, 6.45) is 4.68. The van der Waals surface area contributed by atoms with E-state index in [4.69, 9.17) is 4.74 Å². The molecule has 0 aliphatic heterocycles. The Labute approximate surface area is 255 Å². The maximum Gasteiger partial charge on any atom is 1.00 e. The molecule has 2 unspecified atom stereocenters. The molecule has 2 N–H and O–H groups in total. The number of carbonyl (C=O) groups is 2. The molecule has 6 nitrogen and oxygen atoms in total. The van der Waals surface area contributed by atoms with Crippen LogP contribution in [-0.4, -0.2) is 40.0 Å². The minimum absolute atomic E-state index is 0. The van der Waals surface area contributed by atoms with Crippen molar-refractivity contribution in [2.24, 2.45) is 0 Å². The van der Waals surface area contributed by atoms with Crippen LogP contribution in [0, 0.1) is 6.92 Å². The second-order valence-electron chi connectivity index (χ2n) is 9.23. The number of aliphatic carboxylic acids is 1. The first kappa shape index (κ1) is 31.7. The molecule has 1 heterocycles. The van der Waals surface area contributed by atoms with Crippen LogP contribution >= 0.6 is 23.1 Å². The summed E-state index contributed by atoms with van der Waals surface area (Å²) in [5.74, 6) is -0.796. The predicted octanol–water partition coefficient (Wildman–Crippen LogP) is 3.56. The van der Waals surface area contributed by atoms with Gasteiger partial charge < -0.3 is 15.2 Å². The van der Waals surface area contributed by atoms with Gasteiger partial charge in [-0.1, -0.05) is 60.7 Å². The van der Waals surface area contributed by atoms with E-state index in [0.717, 1.165) is 33.6 Å². The number of carboxylic acid groups (broad SMARTS) is 1. The van der Waals surface area contributed by atoms with Crippen LogP contribution in [0.1, 0.15) is 44.5 Å². The number of rotatable bonds is 13. The summed E-state index contributed by atoms with van der Waals surface area (Å²) >= 11 is 3.12. The van der Waals surface area contributed by atoms with E-state index in [0.29, 0.717) is 24.3 Å². The van der Waals surface area contributed by atoms with E-state index in [-0.39, 0.29) is 25.0 Å². The number of hydrogen-bond donors (Lipinski definition) is 2. The fraction of sp³-hybridized carbons (Fsp3) is 0.258. The average molecular weight is 568 g/mol. The molecule has 3 aromatic carbocycles. The summed E-state index contributed by atoms with van der Waals surface area (Å²) in [4.78, 5) is 30.4. The summed E-state index contributed by atoms with van der Waals surface area (Å²) < 4.78 is 6.43. The quantitative estimate of drug-likeness (QED) is 0.240. The number of aryl methyl sites for hydroxylation is 1. The van der Waals surface area contributed by atoms with Crippen molar-refractivity contribution in [1.82, 2.24) is 10.3 Å². The van der Waals surface area contributed by atoms with E-state index in [1.54, 1.807) is 29.2 Å². The molecule has 2 atom stereocenters. The van der Waals surface area contributed by atoms with Crippen LogP contribution in [0.4, 0.5) is 0 Å². The Morgan fingerprint density at radius 1 is 1.02 bits per heavy atom. The van der Waals surface area contributed by atoms with Gasteiger partial charge in [-0.2, -0.15) is 11.8 Å². The van der Waals surface area contributed by atoms with Crippen LogP contribution < -0.4 is 24.2 Å². The first-order valence-electron chi connectivity index (χ1n) is 12.7. The molecular formula is C31H32LiN2O4S2+. The number of carboxylic acids is 1. The summed E-state index contributed by atoms with van der Waals surface area (Å²) in [6, 6.07) is 22.7. The standard InChI is InChI=1S/C31H32N2O4S2.Li/c1-21-8-6-7-11-24(21)26-16-23(12-13-25(26)30(34)33-27(31(35)36)14-15-38-2)19-37-28(29-18-32-20-39-29)17-22-9-4-3-5-10-22;/h3-13,16,18,20,27-28H,14-15,17,19H2,1-2H3,(H,33,34)(H,35,36);/q;+1. The van der Waals surface area contributed by atoms with Crippen molar-refractivity contribution in [2.75, 3.05) is 12.0 Å². The fourth-order valence-electron chi connectivity index (χ4n) is 4.36. The van der Waals surface area contributed by atoms with Crippen LogP contribution in [0.2, 0.25) is 0 Å². The van der Waals surface area contributed by atoms with Gasteiger partial charge in [0.2, 0.25) is 0 Å². The summed E-state index contributed by atoms with van der Waals surface area (Å²) in [5.41, 5.74) is 7.04. The Morgan fingerprint density at radius 2 is 1.77 bits per heavy atom. The van der Waals surface area contributed by atoms with Gasteiger partial charge >= 0.3 is 24.8 Å². The molecule has 4 aromatic rings. The summed E-state index contributed by atoms with van der Waals surface area (Å²) in [5, 5.41) is 12.4. The number of benzene rings is 3. The summed E-state index contributed by atoms with van der Waals surface area (Å²) in [7, 11) is 0. The van der Waals surface area contributed by atoms with E-state index < -0.39 is 17.9 Å². The SMILES string of the molecule is CSCCC(NC(=O)c1ccc(COC(Cc2ccccc2)c2cncs2)cc1-c1ccccc1C)C(=O)O.[Li+]. The van der Waals surface area contributed by atoms with E-state index >= 15 is 0 Å². The first-order valence-corrected chi connectivity index (χ1v) is 15.0. The molecule has 0 aliphatic rings. The third kappa shape index (κ3) is 8.57. The number of ether oxygens (including phenoxy) is 1. The smallest absolute Gasteiger partial charge is 0.480 e. The second-order valence-corrected chi connectivity index (χ2v) is 11.1. The molecule has 0 fully saturated rings. The van der Waals surface area contributed by atoms with Gasteiger partial charge in [0.1, 0.15) is 6.04 Å². The number of hydrogen-bond acceptors (Lipinski definition) is 6. The number of thiazole rings is 1. The van der Waals surface area contributed by atoms with Crippen molar-refractivity contribution >= 4 is 35.0 Å². The van der Waals surface area contributed by atoms with E-state index in [9.17, 15) is 14.7 Å². The Kier molecular flexibility index (Phi) is 12.5. The van der Waals surface area contributed by atoms with Gasteiger partial charge in [-0.05, 0) is 65.3 Å². The van der Waals surface area contributed by atoms with Gasteiger partial charge in [-0.25, -0.2) is 4.79 Å². The Hall–Kier alpha value is -2.86. The topological polar surface area (TPSA) is 88.5 Å². The normalized spacial score (nSPS) is 12.2. The molecular weight excluding hydrogens is 535 g/mol. The van der Waals surface area contributed by atoms with Crippen molar-refractivity contribution in [2.45, 2.75) is 38.5 Å². The zero-order valence-electron chi connectivity index (χ0n) is 23.0. The van der Waals surface area contributed by atoms with Crippen LogP contribution in [0.3, 0.4) is 0 Å². The second kappa shape index (κ2) is 15.8. The maximum absolute atomic E-state index is 13.3. The third-order valence-corrected chi connectivity index (χ3v) is 7.97. The number of amides is 1. The van der Waals surface area contributed by atoms with Crippen LogP contribution in [0.15, 0.2) is 84.5 Å². The van der Waals surface area contributed by atoms with Crippen molar-refractivity contribution in [3.8, 4) is 11.1 Å². The van der Waals surface area contributed by atoms with Gasteiger partial charge in [-0.15, -0.1) is 11.3 Å². The van der Waals surface area contributed by atoms with Crippen molar-refractivity contribution in [3.63, 3.8) is 0 Å². The van der Waals surface area contributed by atoms with Gasteiger partial charge in [-0.3, -0.25) is 9.78 Å². The zero-order valence-corrected chi connectivity index (χ0v) is 24.6. The minimum Gasteiger partial charge on any atom is -0.480 e. The van der Waals surface area contributed by atoms with Gasteiger partial charge in [0.15, 0.2) is 0 Å². The number of nitrogens with zero attached hydrogens (tertiary/aromatic N) is 1. The van der Waals surface area contributed by atoms with Crippen LogP contribution in [0.25, 0.3) is 11.1 Å². The minimum atomic E-state index is -1.03. The molecule has 0 saturated carbocycles. The molecule has 1 amide bonds. The molecule has 0 saturated heterocycles. The largest absolute Gasteiger partial charge is 1.00 e. The molecule has 4 rings (SSSR count). The van der Waals surface area contributed by atoms with Gasteiger partial charge in [0.05, 0.1) is 23.1 Å².